The van der Waals surface area contributed by atoms with Crippen molar-refractivity contribution < 1.29 is 9.32 Å². The molecule has 0 saturated heterocycles. The van der Waals surface area contributed by atoms with Crippen molar-refractivity contribution in [1.29, 1.82) is 0 Å². The summed E-state index contributed by atoms with van der Waals surface area (Å²) in [5, 5.41) is 3.82. The lowest BCUT2D eigenvalue weighted by atomic mass is 9.85. The van der Waals surface area contributed by atoms with Crippen LogP contribution in [0.2, 0.25) is 0 Å². The van der Waals surface area contributed by atoms with Crippen molar-refractivity contribution in [3.8, 4) is 0 Å². The molecule has 6 heteroatoms. The third-order valence-electron chi connectivity index (χ3n) is 3.95. The molecule has 0 radical (unpaired) electrons. The monoisotopic (exact) mass is 286 g/mol. The van der Waals surface area contributed by atoms with Gasteiger partial charge in [0.2, 0.25) is 11.8 Å². The number of amides is 1. The minimum Gasteiger partial charge on any atom is -0.369 e. The fourth-order valence-electron chi connectivity index (χ4n) is 2.94. The number of para-hydroxylation sites is 1. The normalized spacial score (nSPS) is 21.1. The van der Waals surface area contributed by atoms with Crippen LogP contribution < -0.4 is 10.6 Å². The molecule has 2 heterocycles. The van der Waals surface area contributed by atoms with Crippen LogP contribution in [0.25, 0.3) is 0 Å². The maximum atomic E-state index is 11.7. The number of anilines is 1. The van der Waals surface area contributed by atoms with Gasteiger partial charge < -0.3 is 15.2 Å². The topological polar surface area (TPSA) is 85.3 Å². The van der Waals surface area contributed by atoms with Crippen molar-refractivity contribution in [1.82, 2.24) is 10.1 Å². The van der Waals surface area contributed by atoms with Crippen LogP contribution in [-0.2, 0) is 11.3 Å². The molecule has 0 saturated carbocycles. The maximum Gasteiger partial charge on any atom is 0.246 e. The molecule has 1 amide bonds. The van der Waals surface area contributed by atoms with E-state index in [0.29, 0.717) is 24.7 Å². The van der Waals surface area contributed by atoms with E-state index in [1.807, 2.05) is 24.3 Å². The zero-order valence-electron chi connectivity index (χ0n) is 12.1. The van der Waals surface area contributed by atoms with Gasteiger partial charge in [0.1, 0.15) is 0 Å². The van der Waals surface area contributed by atoms with E-state index in [0.717, 1.165) is 11.3 Å². The van der Waals surface area contributed by atoms with Gasteiger partial charge in [0, 0.05) is 11.7 Å². The first-order valence-electron chi connectivity index (χ1n) is 7.00. The highest BCUT2D eigenvalue weighted by atomic mass is 16.5. The van der Waals surface area contributed by atoms with Gasteiger partial charge in [0.25, 0.3) is 0 Å². The average Bonchev–Trinajstić information content (AvgIpc) is 2.87. The number of aromatic nitrogens is 2. The van der Waals surface area contributed by atoms with Gasteiger partial charge in [0.05, 0.1) is 12.5 Å². The molecule has 21 heavy (non-hydrogen) atoms. The summed E-state index contributed by atoms with van der Waals surface area (Å²) in [4.78, 5) is 18.1. The molecule has 110 valence electrons. The van der Waals surface area contributed by atoms with Gasteiger partial charge in [-0.25, -0.2) is 0 Å². The average molecular weight is 286 g/mol. The van der Waals surface area contributed by atoms with E-state index >= 15 is 0 Å². The number of rotatable bonds is 3. The molecule has 0 fully saturated rings. The summed E-state index contributed by atoms with van der Waals surface area (Å²) >= 11 is 0. The van der Waals surface area contributed by atoms with Gasteiger partial charge in [0.15, 0.2) is 5.82 Å². The van der Waals surface area contributed by atoms with Crippen LogP contribution in [0.4, 0.5) is 5.69 Å². The molecule has 1 aromatic heterocycles. The second-order valence-electron chi connectivity index (χ2n) is 5.46. The van der Waals surface area contributed by atoms with Gasteiger partial charge in [-0.15, -0.1) is 0 Å². The molecular formula is C15H18N4O2. The third kappa shape index (κ3) is 2.49. The standard InChI is InChI=1S/C15H18N4O2/c1-9-7-12(15(16)20)11-5-3-4-6-13(11)19(9)8-14-17-10(2)18-21-14/h3-6,9,12H,7-8H2,1-2H3,(H2,16,20)/t9-,12-/m1/s1. The Morgan fingerprint density at radius 2 is 2.24 bits per heavy atom. The van der Waals surface area contributed by atoms with E-state index in [4.69, 9.17) is 10.3 Å². The second-order valence-corrected chi connectivity index (χ2v) is 5.46. The summed E-state index contributed by atoms with van der Waals surface area (Å²) in [5.74, 6) is 0.684. The molecule has 0 spiro atoms. The number of primary amides is 1. The highest BCUT2D eigenvalue weighted by molar-refractivity contribution is 5.85. The summed E-state index contributed by atoms with van der Waals surface area (Å²) in [6, 6.07) is 8.03. The number of carbonyl (C=O) groups is 1. The highest BCUT2D eigenvalue weighted by Crippen LogP contribution is 2.38. The number of nitrogens with two attached hydrogens (primary N) is 1. The van der Waals surface area contributed by atoms with E-state index < -0.39 is 0 Å². The molecular weight excluding hydrogens is 268 g/mol. The van der Waals surface area contributed by atoms with E-state index in [-0.39, 0.29) is 17.9 Å². The summed E-state index contributed by atoms with van der Waals surface area (Å²) in [5.41, 5.74) is 7.53. The second kappa shape index (κ2) is 5.20. The van der Waals surface area contributed by atoms with Crippen molar-refractivity contribution >= 4 is 11.6 Å². The number of carbonyl (C=O) groups excluding carboxylic acids is 1. The number of fused-ring (bicyclic) bond motifs is 1. The Balaban J connectivity index is 1.97. The Kier molecular flexibility index (Phi) is 3.37. The molecule has 3 rings (SSSR count). The van der Waals surface area contributed by atoms with E-state index in [9.17, 15) is 4.79 Å². The molecule has 2 aromatic rings. The molecule has 1 aromatic carbocycles. The molecule has 0 aliphatic carbocycles. The predicted molar refractivity (Wildman–Crippen MR) is 77.7 cm³/mol. The van der Waals surface area contributed by atoms with Gasteiger partial charge in [-0.3, -0.25) is 4.79 Å². The minimum absolute atomic E-state index is 0.171. The molecule has 0 unspecified atom stereocenters. The van der Waals surface area contributed by atoms with Gasteiger partial charge in [-0.05, 0) is 31.9 Å². The Morgan fingerprint density at radius 1 is 1.48 bits per heavy atom. The fourth-order valence-corrected chi connectivity index (χ4v) is 2.94. The van der Waals surface area contributed by atoms with Crippen molar-refractivity contribution in [3.63, 3.8) is 0 Å². The van der Waals surface area contributed by atoms with Crippen LogP contribution in [0.1, 0.15) is 36.5 Å². The zero-order valence-corrected chi connectivity index (χ0v) is 12.1. The first kappa shape index (κ1) is 13.6. The number of hydrogen-bond donors (Lipinski definition) is 1. The van der Waals surface area contributed by atoms with Crippen LogP contribution in [0, 0.1) is 6.92 Å². The lowest BCUT2D eigenvalue weighted by Crippen LogP contribution is -2.41. The number of aryl methyl sites for hydroxylation is 1. The quantitative estimate of drug-likeness (QED) is 0.929. The number of nitrogens with zero attached hydrogens (tertiary/aromatic N) is 3. The van der Waals surface area contributed by atoms with Crippen molar-refractivity contribution in [2.45, 2.75) is 38.8 Å². The number of benzene rings is 1. The van der Waals surface area contributed by atoms with Gasteiger partial charge in [-0.2, -0.15) is 4.98 Å². The Morgan fingerprint density at radius 3 is 2.90 bits per heavy atom. The third-order valence-corrected chi connectivity index (χ3v) is 3.95. The Hall–Kier alpha value is -2.37. The molecule has 6 nitrogen and oxygen atoms in total. The van der Waals surface area contributed by atoms with Crippen molar-refractivity contribution in [2.75, 3.05) is 4.90 Å². The minimum atomic E-state index is -0.275. The van der Waals surface area contributed by atoms with Crippen molar-refractivity contribution in [3.05, 3.63) is 41.5 Å². The first-order valence-corrected chi connectivity index (χ1v) is 7.00. The lowest BCUT2D eigenvalue weighted by molar-refractivity contribution is -0.119. The van der Waals surface area contributed by atoms with Gasteiger partial charge in [-0.1, -0.05) is 23.4 Å². The largest absolute Gasteiger partial charge is 0.369 e. The zero-order chi connectivity index (χ0) is 15.0. The molecule has 2 atom stereocenters. The van der Waals surface area contributed by atoms with Crippen LogP contribution >= 0.6 is 0 Å². The van der Waals surface area contributed by atoms with Gasteiger partial charge >= 0.3 is 0 Å². The molecule has 1 aliphatic rings. The van der Waals surface area contributed by atoms with E-state index in [1.165, 1.54) is 0 Å². The van der Waals surface area contributed by atoms with Crippen LogP contribution in [0.3, 0.4) is 0 Å². The van der Waals surface area contributed by atoms with Crippen LogP contribution in [-0.4, -0.2) is 22.1 Å². The lowest BCUT2D eigenvalue weighted by Gasteiger charge is -2.39. The first-order chi connectivity index (χ1) is 10.1. The van der Waals surface area contributed by atoms with Crippen LogP contribution in [0.5, 0.6) is 0 Å². The molecule has 0 bridgehead atoms. The summed E-state index contributed by atoms with van der Waals surface area (Å²) in [6.45, 7) is 4.41. The Bertz CT molecular complexity index is 667. The molecule has 2 N–H and O–H groups in total. The highest BCUT2D eigenvalue weighted by Gasteiger charge is 2.33. The fraction of sp³-hybridized carbons (Fsp3) is 0.400. The predicted octanol–water partition coefficient (Wildman–Crippen LogP) is 1.75. The van der Waals surface area contributed by atoms with Crippen molar-refractivity contribution in [2.24, 2.45) is 5.73 Å². The van der Waals surface area contributed by atoms with E-state index in [1.54, 1.807) is 6.92 Å². The smallest absolute Gasteiger partial charge is 0.246 e. The number of hydrogen-bond acceptors (Lipinski definition) is 5. The van der Waals surface area contributed by atoms with Crippen LogP contribution in [0.15, 0.2) is 28.8 Å². The maximum absolute atomic E-state index is 11.7. The summed E-state index contributed by atoms with van der Waals surface area (Å²) < 4.78 is 5.21. The summed E-state index contributed by atoms with van der Waals surface area (Å²) in [6.07, 6.45) is 0.694. The SMILES string of the molecule is Cc1noc(CN2c3ccccc3[C@H](C(N)=O)C[C@H]2C)n1. The van der Waals surface area contributed by atoms with E-state index in [2.05, 4.69) is 22.0 Å². The molecule has 1 aliphatic heterocycles. The summed E-state index contributed by atoms with van der Waals surface area (Å²) in [7, 11) is 0. The Labute approximate surface area is 122 Å².